The monoisotopic (exact) mass is 399 g/mol. The van der Waals surface area contributed by atoms with Crippen molar-refractivity contribution in [3.8, 4) is 22.5 Å². The van der Waals surface area contributed by atoms with Crippen LogP contribution in [-0.2, 0) is 0 Å². The molecule has 0 radical (unpaired) electrons. The van der Waals surface area contributed by atoms with Gasteiger partial charge in [0.15, 0.2) is 5.78 Å². The summed E-state index contributed by atoms with van der Waals surface area (Å²) in [6.07, 6.45) is 6.04. The third-order valence-electron chi connectivity index (χ3n) is 3.82. The van der Waals surface area contributed by atoms with Crippen molar-refractivity contribution in [2.24, 2.45) is 0 Å². The van der Waals surface area contributed by atoms with Crippen molar-refractivity contribution in [3.05, 3.63) is 72.6 Å². The summed E-state index contributed by atoms with van der Waals surface area (Å²) in [5.74, 6) is -2.28. The average molecular weight is 399 g/mol. The Hall–Kier alpha value is -3.33. The lowest BCUT2D eigenvalue weighted by Crippen LogP contribution is -2.07. The van der Waals surface area contributed by atoms with Gasteiger partial charge in [-0.25, -0.2) is 13.8 Å². The molecule has 0 unspecified atom stereocenters. The van der Waals surface area contributed by atoms with Gasteiger partial charge in [0.05, 0.1) is 36.4 Å². The molecule has 140 valence electrons. The van der Waals surface area contributed by atoms with Crippen molar-refractivity contribution in [3.63, 3.8) is 0 Å². The van der Waals surface area contributed by atoms with Gasteiger partial charge in [0.25, 0.3) is 0 Å². The molecule has 3 heterocycles. The highest BCUT2D eigenvalue weighted by molar-refractivity contribution is 7.99. The molecule has 4 aromatic rings. The molecule has 6 nitrogen and oxygen atoms in total. The maximum Gasteiger partial charge on any atom is 0.210 e. The van der Waals surface area contributed by atoms with Crippen molar-refractivity contribution >= 4 is 17.5 Å². The van der Waals surface area contributed by atoms with Crippen LogP contribution >= 0.6 is 11.8 Å². The zero-order valence-corrected chi connectivity index (χ0v) is 15.0. The topological polar surface area (TPSA) is 82.0 Å². The zero-order chi connectivity index (χ0) is 19.5. The minimum absolute atomic E-state index is 0.125. The van der Waals surface area contributed by atoms with Crippen molar-refractivity contribution in [1.29, 1.82) is 0 Å². The number of rotatable bonds is 6. The van der Waals surface area contributed by atoms with E-state index in [0.717, 1.165) is 23.9 Å². The number of thioether (sulfide) groups is 1. The van der Waals surface area contributed by atoms with E-state index in [2.05, 4.69) is 15.2 Å². The van der Waals surface area contributed by atoms with Crippen LogP contribution in [0.1, 0.15) is 10.4 Å². The number of halogens is 2. The smallest absolute Gasteiger partial charge is 0.210 e. The molecular formula is C19H11F2N3O3S. The second kappa shape index (κ2) is 7.73. The number of nitrogens with zero attached hydrogens (tertiary/aromatic N) is 3. The fraction of sp³-hybridized carbons (Fsp3) is 0.0526. The number of ketones is 1. The maximum atomic E-state index is 13.8. The Labute approximate surface area is 161 Å². The molecule has 0 saturated heterocycles. The molecule has 28 heavy (non-hydrogen) atoms. The summed E-state index contributed by atoms with van der Waals surface area (Å²) in [5.41, 5.74) is 2.19. The molecule has 4 rings (SSSR count). The summed E-state index contributed by atoms with van der Waals surface area (Å²) < 4.78 is 37.0. The Kier molecular flexibility index (Phi) is 4.98. The third kappa shape index (κ3) is 3.70. The SMILES string of the molecule is O=C(CSc1nnc(-c2ccoc2)c(-c2ccoc2)n1)c1ccc(F)cc1F. The van der Waals surface area contributed by atoms with Gasteiger partial charge >= 0.3 is 0 Å². The Morgan fingerprint density at radius 2 is 1.68 bits per heavy atom. The molecule has 0 fully saturated rings. The molecular weight excluding hydrogens is 388 g/mol. The van der Waals surface area contributed by atoms with Crippen LogP contribution in [0.3, 0.4) is 0 Å². The summed E-state index contributed by atoms with van der Waals surface area (Å²) in [6.45, 7) is 0. The fourth-order valence-electron chi connectivity index (χ4n) is 2.49. The van der Waals surface area contributed by atoms with Crippen LogP contribution in [0.4, 0.5) is 8.78 Å². The van der Waals surface area contributed by atoms with E-state index in [0.29, 0.717) is 28.6 Å². The normalized spacial score (nSPS) is 10.9. The van der Waals surface area contributed by atoms with E-state index in [1.807, 2.05) is 0 Å². The van der Waals surface area contributed by atoms with E-state index in [-0.39, 0.29) is 16.5 Å². The minimum atomic E-state index is -0.904. The molecule has 0 aliphatic heterocycles. The second-order valence-corrected chi connectivity index (χ2v) is 6.59. The molecule has 0 amide bonds. The van der Waals surface area contributed by atoms with E-state index in [1.165, 1.54) is 25.1 Å². The van der Waals surface area contributed by atoms with Crippen LogP contribution in [0.5, 0.6) is 0 Å². The number of Topliss-reactive ketones (excluding diaryl/α,β-unsaturated/α-hetero) is 1. The highest BCUT2D eigenvalue weighted by Gasteiger charge is 2.18. The van der Waals surface area contributed by atoms with Crippen molar-refractivity contribution < 1.29 is 22.4 Å². The van der Waals surface area contributed by atoms with Crippen LogP contribution < -0.4 is 0 Å². The maximum absolute atomic E-state index is 13.8. The van der Waals surface area contributed by atoms with Gasteiger partial charge in [-0.3, -0.25) is 4.79 Å². The number of hydrogen-bond donors (Lipinski definition) is 0. The van der Waals surface area contributed by atoms with Crippen molar-refractivity contribution in [2.75, 3.05) is 5.75 Å². The number of benzene rings is 1. The minimum Gasteiger partial charge on any atom is -0.472 e. The van der Waals surface area contributed by atoms with Crippen LogP contribution in [0.25, 0.3) is 22.5 Å². The number of furan rings is 2. The summed E-state index contributed by atoms with van der Waals surface area (Å²) in [6, 6.07) is 6.28. The van der Waals surface area contributed by atoms with Crippen LogP contribution in [0.2, 0.25) is 0 Å². The lowest BCUT2D eigenvalue weighted by atomic mass is 10.1. The Balaban J connectivity index is 1.59. The van der Waals surface area contributed by atoms with Gasteiger partial charge < -0.3 is 8.83 Å². The van der Waals surface area contributed by atoms with Crippen LogP contribution in [0, 0.1) is 11.6 Å². The summed E-state index contributed by atoms with van der Waals surface area (Å²) in [7, 11) is 0. The molecule has 0 bridgehead atoms. The average Bonchev–Trinajstić information content (AvgIpc) is 3.40. The lowest BCUT2D eigenvalue weighted by Gasteiger charge is -2.06. The molecule has 0 aliphatic carbocycles. The molecule has 9 heteroatoms. The van der Waals surface area contributed by atoms with Crippen molar-refractivity contribution in [2.45, 2.75) is 5.16 Å². The number of carbonyl (C=O) groups excluding carboxylic acids is 1. The zero-order valence-electron chi connectivity index (χ0n) is 14.1. The predicted molar refractivity (Wildman–Crippen MR) is 96.6 cm³/mol. The van der Waals surface area contributed by atoms with Crippen LogP contribution in [0.15, 0.2) is 69.4 Å². The Bertz CT molecular complexity index is 1120. The molecule has 3 aromatic heterocycles. The quantitative estimate of drug-likeness (QED) is 0.345. The number of carbonyl (C=O) groups is 1. The van der Waals surface area contributed by atoms with Gasteiger partial charge in [-0.05, 0) is 24.3 Å². The molecule has 0 spiro atoms. The largest absolute Gasteiger partial charge is 0.472 e. The standard InChI is InChI=1S/C19H11F2N3O3S/c20-13-1-2-14(15(21)7-13)16(25)10-28-19-22-17(11-3-5-26-8-11)18(23-24-19)12-4-6-27-9-12/h1-9H,10H2. The molecule has 0 aliphatic rings. The van der Waals surface area contributed by atoms with E-state index < -0.39 is 17.4 Å². The predicted octanol–water partition coefficient (Wildman–Crippen LogP) is 4.64. The van der Waals surface area contributed by atoms with Gasteiger partial charge in [-0.15, -0.1) is 10.2 Å². The molecule has 1 aromatic carbocycles. The highest BCUT2D eigenvalue weighted by atomic mass is 32.2. The van der Waals surface area contributed by atoms with Crippen LogP contribution in [-0.4, -0.2) is 26.7 Å². The number of aromatic nitrogens is 3. The number of hydrogen-bond acceptors (Lipinski definition) is 7. The Morgan fingerprint density at radius 1 is 0.964 bits per heavy atom. The first-order chi connectivity index (χ1) is 13.6. The molecule has 0 saturated carbocycles. The van der Waals surface area contributed by atoms with Gasteiger partial charge in [-0.1, -0.05) is 11.8 Å². The van der Waals surface area contributed by atoms with Gasteiger partial charge in [0.1, 0.15) is 23.0 Å². The van der Waals surface area contributed by atoms with E-state index in [9.17, 15) is 13.6 Å². The van der Waals surface area contributed by atoms with E-state index in [4.69, 9.17) is 8.83 Å². The Morgan fingerprint density at radius 3 is 2.32 bits per heavy atom. The fourth-order valence-corrected chi connectivity index (χ4v) is 3.16. The first-order valence-corrected chi connectivity index (χ1v) is 9.01. The second-order valence-electron chi connectivity index (χ2n) is 5.65. The van der Waals surface area contributed by atoms with Crippen molar-refractivity contribution in [1.82, 2.24) is 15.2 Å². The summed E-state index contributed by atoms with van der Waals surface area (Å²) >= 11 is 1.00. The summed E-state index contributed by atoms with van der Waals surface area (Å²) in [4.78, 5) is 16.7. The molecule has 0 atom stereocenters. The highest BCUT2D eigenvalue weighted by Crippen LogP contribution is 2.30. The van der Waals surface area contributed by atoms with Gasteiger partial charge in [0.2, 0.25) is 5.16 Å². The summed E-state index contributed by atoms with van der Waals surface area (Å²) in [5, 5.41) is 8.45. The van der Waals surface area contributed by atoms with E-state index >= 15 is 0 Å². The third-order valence-corrected chi connectivity index (χ3v) is 4.66. The van der Waals surface area contributed by atoms with E-state index in [1.54, 1.807) is 12.1 Å². The first-order valence-electron chi connectivity index (χ1n) is 8.03. The van der Waals surface area contributed by atoms with Gasteiger partial charge in [-0.2, -0.15) is 0 Å². The first kappa shape index (κ1) is 18.1. The lowest BCUT2D eigenvalue weighted by molar-refractivity contribution is 0.101. The van der Waals surface area contributed by atoms with Gasteiger partial charge in [0, 0.05) is 17.2 Å². The molecule has 0 N–H and O–H groups in total.